The van der Waals surface area contributed by atoms with Gasteiger partial charge in [-0.3, -0.25) is 0 Å². The summed E-state index contributed by atoms with van der Waals surface area (Å²) in [5, 5.41) is 9.47. The fourth-order valence-electron chi connectivity index (χ4n) is 0.879. The molecule has 1 aromatic carbocycles. The summed E-state index contributed by atoms with van der Waals surface area (Å²) >= 11 is 5.54. The quantitative estimate of drug-likeness (QED) is 0.557. The summed E-state index contributed by atoms with van der Waals surface area (Å²) in [5.41, 5.74) is 0. The molecule has 4 N–H and O–H groups in total. The molecule has 0 fully saturated rings. The topological polar surface area (TPSA) is 120 Å². The Bertz CT molecular complexity index is 604. The molecule has 0 aliphatic carbocycles. The second kappa shape index (κ2) is 5.32. The number of hydrogen-bond acceptors (Lipinski definition) is 4. The van der Waals surface area contributed by atoms with Crippen LogP contribution in [0.3, 0.4) is 0 Å². The summed E-state index contributed by atoms with van der Waals surface area (Å²) in [6, 6.07) is 3.00. The maximum Gasteiger partial charge on any atom is 1.00 e. The van der Waals surface area contributed by atoms with E-state index in [0.717, 1.165) is 18.2 Å². The van der Waals surface area contributed by atoms with E-state index in [-0.39, 0.29) is 40.9 Å². The van der Waals surface area contributed by atoms with E-state index in [1.807, 2.05) is 0 Å². The first-order valence-electron chi connectivity index (χ1n) is 3.47. The van der Waals surface area contributed by atoms with Crippen LogP contribution in [-0.4, -0.2) is 16.8 Å². The van der Waals surface area contributed by atoms with Crippen molar-refractivity contribution in [3.63, 3.8) is 0 Å². The maximum atomic E-state index is 11.0. The Balaban J connectivity index is 0. The van der Waals surface area contributed by atoms with E-state index in [4.69, 9.17) is 21.9 Å². The van der Waals surface area contributed by atoms with E-state index < -0.39 is 24.9 Å². The van der Waals surface area contributed by atoms with Gasteiger partial charge in [0.25, 0.3) is 0 Å². The van der Waals surface area contributed by atoms with Crippen molar-refractivity contribution in [1.29, 1.82) is 0 Å². The molecule has 0 saturated carbocycles. The van der Waals surface area contributed by atoms with E-state index in [1.165, 1.54) is 0 Å². The van der Waals surface area contributed by atoms with Gasteiger partial charge in [0.2, 0.25) is 20.0 Å². The minimum absolute atomic E-state index is 0. The number of sulfonamides is 2. The Morgan fingerprint density at radius 1 is 1.06 bits per heavy atom. The zero-order chi connectivity index (χ0) is 11.9. The zero-order valence-electron chi connectivity index (χ0n) is 9.21. The average molecular weight is 295 g/mol. The molecule has 16 heavy (non-hydrogen) atoms. The molecule has 10 heteroatoms. The Hall–Kier alpha value is 0.330. The Kier molecular flexibility index (Phi) is 5.43. The number of primary sulfonamides is 2. The number of hydrogen-bond donors (Lipinski definition) is 2. The SMILES string of the molecule is NS(=O)(=O)c1ccc(Cl)c(S(N)(=O)=O)c1.[H-].[Na+]. The van der Waals surface area contributed by atoms with Crippen LogP contribution in [0.25, 0.3) is 0 Å². The van der Waals surface area contributed by atoms with Gasteiger partial charge in [-0.1, -0.05) is 11.6 Å². The van der Waals surface area contributed by atoms with E-state index in [9.17, 15) is 16.8 Å². The molecule has 0 saturated heterocycles. The summed E-state index contributed by atoms with van der Waals surface area (Å²) in [4.78, 5) is -0.841. The molecule has 0 radical (unpaired) electrons. The predicted molar refractivity (Wildman–Crippen MR) is 55.3 cm³/mol. The monoisotopic (exact) mass is 294 g/mol. The van der Waals surface area contributed by atoms with E-state index in [1.54, 1.807) is 0 Å². The summed E-state index contributed by atoms with van der Waals surface area (Å²) in [6.45, 7) is 0. The molecule has 0 amide bonds. The fourth-order valence-corrected chi connectivity index (χ4v) is 2.56. The van der Waals surface area contributed by atoms with E-state index in [2.05, 4.69) is 0 Å². The van der Waals surface area contributed by atoms with Crippen molar-refractivity contribution in [2.75, 3.05) is 0 Å². The van der Waals surface area contributed by atoms with Gasteiger partial charge < -0.3 is 1.43 Å². The van der Waals surface area contributed by atoms with E-state index in [0.29, 0.717) is 0 Å². The van der Waals surface area contributed by atoms with Crippen LogP contribution < -0.4 is 39.8 Å². The van der Waals surface area contributed by atoms with Crippen molar-refractivity contribution in [2.24, 2.45) is 10.3 Å². The third kappa shape index (κ3) is 3.97. The summed E-state index contributed by atoms with van der Waals surface area (Å²) in [6.07, 6.45) is 0. The van der Waals surface area contributed by atoms with Gasteiger partial charge in [0.1, 0.15) is 4.90 Å². The van der Waals surface area contributed by atoms with Crippen LogP contribution in [0.2, 0.25) is 5.02 Å². The molecule has 0 aromatic heterocycles. The zero-order valence-corrected chi connectivity index (χ0v) is 12.6. The van der Waals surface area contributed by atoms with Crippen molar-refractivity contribution in [3.05, 3.63) is 23.2 Å². The third-order valence-corrected chi connectivity index (χ3v) is 3.84. The Morgan fingerprint density at radius 3 is 1.94 bits per heavy atom. The average Bonchev–Trinajstić information content (AvgIpc) is 2.00. The Labute approximate surface area is 122 Å². The van der Waals surface area contributed by atoms with Crippen molar-refractivity contribution in [3.8, 4) is 0 Å². The molecule has 0 spiro atoms. The molecule has 0 bridgehead atoms. The summed E-state index contributed by atoms with van der Waals surface area (Å²) in [5.74, 6) is 0. The van der Waals surface area contributed by atoms with Gasteiger partial charge in [-0.15, -0.1) is 0 Å². The number of rotatable bonds is 2. The molecule has 0 aliphatic heterocycles. The molecule has 1 rings (SSSR count). The van der Waals surface area contributed by atoms with Crippen LogP contribution in [0.1, 0.15) is 1.43 Å². The minimum atomic E-state index is -4.07. The van der Waals surface area contributed by atoms with Crippen molar-refractivity contribution in [1.82, 2.24) is 0 Å². The molecule has 0 heterocycles. The Morgan fingerprint density at radius 2 is 1.56 bits per heavy atom. The van der Waals surface area contributed by atoms with Crippen molar-refractivity contribution in [2.45, 2.75) is 9.79 Å². The third-order valence-electron chi connectivity index (χ3n) is 1.54. The van der Waals surface area contributed by atoms with Crippen LogP contribution in [-0.2, 0) is 20.0 Å². The van der Waals surface area contributed by atoms with Crippen molar-refractivity contribution < 1.29 is 47.8 Å². The van der Waals surface area contributed by atoms with Gasteiger partial charge in [-0.05, 0) is 18.2 Å². The number of halogens is 1. The normalized spacial score (nSPS) is 11.9. The first kappa shape index (κ1) is 16.3. The second-order valence-electron chi connectivity index (χ2n) is 2.68. The summed E-state index contributed by atoms with van der Waals surface area (Å²) < 4.78 is 43.8. The van der Waals surface area contributed by atoms with Gasteiger partial charge in [0.05, 0.1) is 9.92 Å². The maximum absolute atomic E-state index is 11.0. The van der Waals surface area contributed by atoms with Gasteiger partial charge in [-0.2, -0.15) is 0 Å². The molecule has 1 aromatic rings. The first-order valence-corrected chi connectivity index (χ1v) is 6.94. The van der Waals surface area contributed by atoms with Gasteiger partial charge >= 0.3 is 29.6 Å². The van der Waals surface area contributed by atoms with Gasteiger partial charge in [0.15, 0.2) is 0 Å². The molecule has 0 unspecified atom stereocenters. The van der Waals surface area contributed by atoms with Crippen molar-refractivity contribution >= 4 is 31.6 Å². The standard InChI is InChI=1S/C6H7ClN2O4S2.Na.H/c7-5-2-1-4(14(8,10)11)3-6(5)15(9,12)13;;/h1-3H,(H2,8,10,11)(H2,9,12,13);;/q;+1;-1. The molecule has 86 valence electrons. The van der Waals surface area contributed by atoms with E-state index >= 15 is 0 Å². The molecular formula is C6H8ClN2NaO4S2. The molecular weight excluding hydrogens is 287 g/mol. The summed E-state index contributed by atoms with van der Waals surface area (Å²) in [7, 11) is -8.05. The number of benzene rings is 1. The molecule has 0 aliphatic rings. The smallest absolute Gasteiger partial charge is 1.00 e. The fraction of sp³-hybridized carbons (Fsp3) is 0. The molecule has 0 atom stereocenters. The largest absolute Gasteiger partial charge is 1.00 e. The first-order chi connectivity index (χ1) is 6.62. The van der Waals surface area contributed by atoms with Crippen LogP contribution in [0, 0.1) is 0 Å². The molecule has 6 nitrogen and oxygen atoms in total. The van der Waals surface area contributed by atoms with Crippen LogP contribution in [0.4, 0.5) is 0 Å². The van der Waals surface area contributed by atoms with Crippen LogP contribution in [0.15, 0.2) is 28.0 Å². The van der Waals surface area contributed by atoms with Crippen LogP contribution >= 0.6 is 11.6 Å². The minimum Gasteiger partial charge on any atom is -1.00 e. The second-order valence-corrected chi connectivity index (χ2v) is 6.18. The van der Waals surface area contributed by atoms with Gasteiger partial charge in [0, 0.05) is 0 Å². The number of nitrogens with two attached hydrogens (primary N) is 2. The predicted octanol–water partition coefficient (Wildman–Crippen LogP) is -3.25. The van der Waals surface area contributed by atoms with Crippen LogP contribution in [0.5, 0.6) is 0 Å². The van der Waals surface area contributed by atoms with Gasteiger partial charge in [-0.25, -0.2) is 27.1 Å².